The van der Waals surface area contributed by atoms with Crippen LogP contribution in [0.1, 0.15) is 43.5 Å². The Labute approximate surface area is 148 Å². The molecular formula is C19H25N5O. The molecule has 0 atom stereocenters. The second-order valence-corrected chi connectivity index (χ2v) is 6.61. The van der Waals surface area contributed by atoms with Crippen molar-refractivity contribution in [3.63, 3.8) is 0 Å². The van der Waals surface area contributed by atoms with Gasteiger partial charge in [-0.05, 0) is 51.0 Å². The molecule has 0 saturated heterocycles. The van der Waals surface area contributed by atoms with E-state index < -0.39 is 0 Å². The number of hydrogen-bond donors (Lipinski definition) is 3. The maximum absolute atomic E-state index is 12.2. The first-order valence-corrected chi connectivity index (χ1v) is 8.85. The normalized spacial score (nSPS) is 14.8. The van der Waals surface area contributed by atoms with Crippen LogP contribution in [-0.4, -0.2) is 22.0 Å². The van der Waals surface area contributed by atoms with Gasteiger partial charge in [-0.2, -0.15) is 0 Å². The fourth-order valence-electron chi connectivity index (χ4n) is 3.19. The van der Waals surface area contributed by atoms with Crippen LogP contribution in [0, 0.1) is 13.8 Å². The largest absolute Gasteiger partial charge is 0.335 e. The van der Waals surface area contributed by atoms with Gasteiger partial charge in [0.25, 0.3) is 0 Å². The highest BCUT2D eigenvalue weighted by Gasteiger charge is 2.15. The summed E-state index contributed by atoms with van der Waals surface area (Å²) in [6, 6.07) is 9.63. The number of amides is 2. The lowest BCUT2D eigenvalue weighted by atomic mass is 9.96. The molecule has 1 aromatic carbocycles. The molecule has 1 aromatic heterocycles. The number of anilines is 3. The number of aryl methyl sites for hydroxylation is 2. The second kappa shape index (κ2) is 7.96. The zero-order valence-electron chi connectivity index (χ0n) is 14.8. The van der Waals surface area contributed by atoms with Crippen molar-refractivity contribution in [3.05, 3.63) is 41.7 Å². The van der Waals surface area contributed by atoms with Gasteiger partial charge in [-0.25, -0.2) is 14.8 Å². The number of urea groups is 1. The number of aromatic nitrogens is 2. The fourth-order valence-corrected chi connectivity index (χ4v) is 3.19. The van der Waals surface area contributed by atoms with E-state index in [0.717, 1.165) is 35.6 Å². The van der Waals surface area contributed by atoms with Crippen LogP contribution in [0.25, 0.3) is 0 Å². The Bertz CT molecular complexity index is 720. The maximum Gasteiger partial charge on any atom is 0.319 e. The third-order valence-corrected chi connectivity index (χ3v) is 4.30. The monoisotopic (exact) mass is 339 g/mol. The minimum Gasteiger partial charge on any atom is -0.335 e. The van der Waals surface area contributed by atoms with Gasteiger partial charge in [0.05, 0.1) is 0 Å². The molecule has 2 amide bonds. The average Bonchev–Trinajstić information content (AvgIpc) is 2.55. The molecule has 0 spiro atoms. The zero-order chi connectivity index (χ0) is 17.6. The molecule has 1 heterocycles. The summed E-state index contributed by atoms with van der Waals surface area (Å²) >= 11 is 0. The molecule has 6 nitrogen and oxygen atoms in total. The second-order valence-electron chi connectivity index (χ2n) is 6.61. The lowest BCUT2D eigenvalue weighted by molar-refractivity contribution is 0.244. The Morgan fingerprint density at radius 1 is 1.00 bits per heavy atom. The number of hydrogen-bond acceptors (Lipinski definition) is 4. The smallest absolute Gasteiger partial charge is 0.319 e. The van der Waals surface area contributed by atoms with E-state index in [4.69, 9.17) is 0 Å². The Morgan fingerprint density at radius 2 is 1.68 bits per heavy atom. The molecular weight excluding hydrogens is 314 g/mol. The Morgan fingerprint density at radius 3 is 2.40 bits per heavy atom. The molecule has 132 valence electrons. The molecule has 2 aromatic rings. The standard InChI is InChI=1S/C19H25N5O/c1-13-11-14(2)21-18(20-13)22-16-9-6-10-17(12-16)24-19(25)23-15-7-4-3-5-8-15/h6,9-12,15H,3-5,7-8H2,1-2H3,(H,20,21,22)(H2,23,24,25). The molecule has 1 aliphatic rings. The van der Waals surface area contributed by atoms with Crippen molar-refractivity contribution >= 4 is 23.4 Å². The summed E-state index contributed by atoms with van der Waals surface area (Å²) in [6.07, 6.45) is 5.80. The molecule has 0 radical (unpaired) electrons. The van der Waals surface area contributed by atoms with Crippen LogP contribution in [0.15, 0.2) is 30.3 Å². The summed E-state index contributed by atoms with van der Waals surface area (Å²) in [5, 5.41) is 9.15. The van der Waals surface area contributed by atoms with Crippen LogP contribution in [0.5, 0.6) is 0 Å². The molecule has 25 heavy (non-hydrogen) atoms. The zero-order valence-corrected chi connectivity index (χ0v) is 14.8. The van der Waals surface area contributed by atoms with Gasteiger partial charge in [-0.15, -0.1) is 0 Å². The van der Waals surface area contributed by atoms with Crippen LogP contribution in [0.4, 0.5) is 22.1 Å². The van der Waals surface area contributed by atoms with Crippen LogP contribution >= 0.6 is 0 Å². The Balaban J connectivity index is 1.61. The highest BCUT2D eigenvalue weighted by Crippen LogP contribution is 2.20. The quantitative estimate of drug-likeness (QED) is 0.776. The van der Waals surface area contributed by atoms with Crippen molar-refractivity contribution in [2.45, 2.75) is 52.0 Å². The SMILES string of the molecule is Cc1cc(C)nc(Nc2cccc(NC(=O)NC3CCCCC3)c2)n1. The van der Waals surface area contributed by atoms with E-state index in [0.29, 0.717) is 12.0 Å². The topological polar surface area (TPSA) is 78.9 Å². The molecule has 3 rings (SSSR count). The number of carbonyl (C=O) groups is 1. The van der Waals surface area contributed by atoms with E-state index in [9.17, 15) is 4.79 Å². The van der Waals surface area contributed by atoms with Gasteiger partial charge in [0.1, 0.15) is 0 Å². The fraction of sp³-hybridized carbons (Fsp3) is 0.421. The molecule has 1 fully saturated rings. The van der Waals surface area contributed by atoms with Crippen LogP contribution in [0.3, 0.4) is 0 Å². The maximum atomic E-state index is 12.2. The highest BCUT2D eigenvalue weighted by atomic mass is 16.2. The van der Waals surface area contributed by atoms with Crippen LogP contribution < -0.4 is 16.0 Å². The molecule has 0 bridgehead atoms. The number of nitrogens with zero attached hydrogens (tertiary/aromatic N) is 2. The van der Waals surface area contributed by atoms with Gasteiger partial charge in [0.15, 0.2) is 0 Å². The van der Waals surface area contributed by atoms with Gasteiger partial charge in [-0.1, -0.05) is 25.3 Å². The Hall–Kier alpha value is -2.63. The first-order valence-electron chi connectivity index (χ1n) is 8.85. The summed E-state index contributed by atoms with van der Waals surface area (Å²) in [5.41, 5.74) is 3.40. The van der Waals surface area contributed by atoms with Crippen LogP contribution in [-0.2, 0) is 0 Å². The van der Waals surface area contributed by atoms with Crippen molar-refractivity contribution < 1.29 is 4.79 Å². The lowest BCUT2D eigenvalue weighted by Gasteiger charge is -2.22. The summed E-state index contributed by atoms with van der Waals surface area (Å²) in [6.45, 7) is 3.88. The van der Waals surface area contributed by atoms with Crippen molar-refractivity contribution in [2.24, 2.45) is 0 Å². The van der Waals surface area contributed by atoms with E-state index in [2.05, 4.69) is 25.9 Å². The molecule has 6 heteroatoms. The van der Waals surface area contributed by atoms with E-state index in [-0.39, 0.29) is 6.03 Å². The molecule has 0 unspecified atom stereocenters. The van der Waals surface area contributed by atoms with Gasteiger partial charge < -0.3 is 16.0 Å². The van der Waals surface area contributed by atoms with Gasteiger partial charge in [0, 0.05) is 28.8 Å². The summed E-state index contributed by atoms with van der Waals surface area (Å²) in [5.74, 6) is 0.557. The summed E-state index contributed by atoms with van der Waals surface area (Å²) in [4.78, 5) is 20.9. The predicted octanol–water partition coefficient (Wildman–Crippen LogP) is 4.29. The summed E-state index contributed by atoms with van der Waals surface area (Å²) < 4.78 is 0. The van der Waals surface area contributed by atoms with E-state index in [1.165, 1.54) is 19.3 Å². The predicted molar refractivity (Wildman–Crippen MR) is 100 cm³/mol. The minimum atomic E-state index is -0.147. The van der Waals surface area contributed by atoms with Gasteiger partial charge in [0.2, 0.25) is 5.95 Å². The van der Waals surface area contributed by atoms with Crippen molar-refractivity contribution in [1.82, 2.24) is 15.3 Å². The third kappa shape index (κ3) is 5.17. The number of nitrogens with one attached hydrogen (secondary N) is 3. The minimum absolute atomic E-state index is 0.147. The molecule has 1 aliphatic carbocycles. The molecule has 1 saturated carbocycles. The van der Waals surface area contributed by atoms with Gasteiger partial charge in [-0.3, -0.25) is 0 Å². The van der Waals surface area contributed by atoms with E-state index in [1.807, 2.05) is 44.2 Å². The van der Waals surface area contributed by atoms with Crippen molar-refractivity contribution in [2.75, 3.05) is 10.6 Å². The Kier molecular flexibility index (Phi) is 5.48. The lowest BCUT2D eigenvalue weighted by Crippen LogP contribution is -2.39. The van der Waals surface area contributed by atoms with Crippen LogP contribution in [0.2, 0.25) is 0 Å². The average molecular weight is 339 g/mol. The first kappa shape index (κ1) is 17.2. The number of carbonyl (C=O) groups excluding carboxylic acids is 1. The van der Waals surface area contributed by atoms with Crippen molar-refractivity contribution in [1.29, 1.82) is 0 Å². The van der Waals surface area contributed by atoms with E-state index in [1.54, 1.807) is 0 Å². The van der Waals surface area contributed by atoms with E-state index >= 15 is 0 Å². The van der Waals surface area contributed by atoms with Crippen molar-refractivity contribution in [3.8, 4) is 0 Å². The third-order valence-electron chi connectivity index (χ3n) is 4.30. The number of benzene rings is 1. The van der Waals surface area contributed by atoms with Gasteiger partial charge >= 0.3 is 6.03 Å². The molecule has 0 aliphatic heterocycles. The summed E-state index contributed by atoms with van der Waals surface area (Å²) in [7, 11) is 0. The highest BCUT2D eigenvalue weighted by molar-refractivity contribution is 5.90. The first-order chi connectivity index (χ1) is 12.1. The molecule has 3 N–H and O–H groups in total. The number of rotatable bonds is 4.